The molecule has 0 aliphatic carbocycles. The molecule has 0 bridgehead atoms. The summed E-state index contributed by atoms with van der Waals surface area (Å²) in [6.07, 6.45) is 69.3. The van der Waals surface area contributed by atoms with Crippen LogP contribution in [0.2, 0.25) is 0 Å². The van der Waals surface area contributed by atoms with Gasteiger partial charge in [0.15, 0.2) is 6.29 Å². The zero-order valence-corrected chi connectivity index (χ0v) is 52.9. The Morgan fingerprint density at radius 3 is 1.24 bits per heavy atom. The van der Waals surface area contributed by atoms with Crippen molar-refractivity contribution in [2.75, 3.05) is 19.8 Å². The average molecular weight is 1160 g/mol. The van der Waals surface area contributed by atoms with E-state index in [4.69, 9.17) is 14.2 Å². The molecule has 7 atom stereocenters. The van der Waals surface area contributed by atoms with Gasteiger partial charge in [-0.1, -0.05) is 267 Å². The number of aliphatic hydroxyl groups is 5. The van der Waals surface area contributed by atoms with Crippen LogP contribution in [0.25, 0.3) is 0 Å². The molecule has 82 heavy (non-hydrogen) atoms. The van der Waals surface area contributed by atoms with Gasteiger partial charge in [0.1, 0.15) is 24.4 Å². The molecule has 0 aromatic rings. The standard InChI is InChI=1S/C71H129NO10/c1-3-5-7-9-11-13-14-15-16-17-30-33-36-39-43-47-51-55-59-67(76)80-60-56-52-48-44-40-37-34-31-28-26-24-22-20-18-19-21-23-25-27-29-32-35-38-42-46-50-54-58-66(75)72-63(64(74)57-53-49-45-41-12-10-8-6-4-2)62-81-71-70(79)69(78)68(77)65(61-73)82-71/h13-14,16-19,22,24,53,57,63-65,68-71,73-74,77-79H,3-12,15,20-21,23,25-52,54-56,58-62H2,1-2H3,(H,72,75)/b14-13-,17-16-,19-18-,24-22-,57-53+. The quantitative estimate of drug-likeness (QED) is 0.0195. The number of nitrogens with one attached hydrogen (secondary N) is 1. The van der Waals surface area contributed by atoms with Gasteiger partial charge in [-0.05, 0) is 96.3 Å². The minimum Gasteiger partial charge on any atom is -0.466 e. The monoisotopic (exact) mass is 1160 g/mol. The van der Waals surface area contributed by atoms with E-state index in [0.29, 0.717) is 19.4 Å². The highest BCUT2D eigenvalue weighted by atomic mass is 16.7. The van der Waals surface area contributed by atoms with E-state index >= 15 is 0 Å². The lowest BCUT2D eigenvalue weighted by molar-refractivity contribution is -0.302. The third-order valence-electron chi connectivity index (χ3n) is 16.1. The van der Waals surface area contributed by atoms with Gasteiger partial charge in [-0.15, -0.1) is 0 Å². The molecule has 1 aliphatic heterocycles. The fourth-order valence-corrected chi connectivity index (χ4v) is 10.6. The van der Waals surface area contributed by atoms with Crippen LogP contribution in [0, 0.1) is 0 Å². The van der Waals surface area contributed by atoms with Crippen LogP contribution in [0.15, 0.2) is 60.8 Å². The Labute approximate surface area is 503 Å². The maximum Gasteiger partial charge on any atom is 0.305 e. The first-order valence-corrected chi connectivity index (χ1v) is 34.6. The SMILES string of the molecule is CCCCCC/C=C\C/C=C\CCCCCCCCCC(=O)OCCCCCCCCCCC/C=C\C/C=C\CCCCCCCCCCCCCC(=O)NC(COC1OC(CO)C(O)C(O)C1O)C(O)/C=C/CCCCCCCCC. The molecule has 1 rings (SSSR count). The predicted octanol–water partition coefficient (Wildman–Crippen LogP) is 17.3. The minimum absolute atomic E-state index is 0.00665. The predicted molar refractivity (Wildman–Crippen MR) is 343 cm³/mol. The number of amides is 1. The Kier molecular flexibility index (Phi) is 56.7. The lowest BCUT2D eigenvalue weighted by Gasteiger charge is -2.40. The minimum atomic E-state index is -1.57. The maximum atomic E-state index is 13.0. The summed E-state index contributed by atoms with van der Waals surface area (Å²) < 4.78 is 16.7. The van der Waals surface area contributed by atoms with Crippen LogP contribution in [-0.2, 0) is 23.8 Å². The number of carbonyl (C=O) groups excluding carboxylic acids is 2. The zero-order valence-electron chi connectivity index (χ0n) is 52.9. The summed E-state index contributed by atoms with van der Waals surface area (Å²) in [7, 11) is 0. The molecular formula is C71H129NO10. The first-order chi connectivity index (χ1) is 40.2. The number of hydrogen-bond acceptors (Lipinski definition) is 10. The second kappa shape index (κ2) is 60.1. The van der Waals surface area contributed by atoms with E-state index in [2.05, 4.69) is 67.8 Å². The van der Waals surface area contributed by atoms with Crippen molar-refractivity contribution in [2.45, 2.75) is 358 Å². The topological polar surface area (TPSA) is 175 Å². The van der Waals surface area contributed by atoms with Gasteiger partial charge in [-0.25, -0.2) is 0 Å². The summed E-state index contributed by atoms with van der Waals surface area (Å²) in [4.78, 5) is 25.1. The molecule has 1 heterocycles. The molecule has 11 heteroatoms. The fourth-order valence-electron chi connectivity index (χ4n) is 10.6. The number of aliphatic hydroxyl groups excluding tert-OH is 5. The van der Waals surface area contributed by atoms with Crippen LogP contribution in [0.3, 0.4) is 0 Å². The molecule has 0 aromatic carbocycles. The van der Waals surface area contributed by atoms with Gasteiger partial charge in [0.25, 0.3) is 0 Å². The number of rotatable bonds is 60. The second-order valence-corrected chi connectivity index (χ2v) is 23.9. The Bertz CT molecular complexity index is 1550. The van der Waals surface area contributed by atoms with Crippen molar-refractivity contribution in [3.63, 3.8) is 0 Å². The number of unbranched alkanes of at least 4 members (excludes halogenated alkanes) is 38. The summed E-state index contributed by atoms with van der Waals surface area (Å²) in [6.45, 7) is 4.30. The lowest BCUT2D eigenvalue weighted by Crippen LogP contribution is -2.60. The van der Waals surface area contributed by atoms with Crippen LogP contribution >= 0.6 is 0 Å². The first-order valence-electron chi connectivity index (χ1n) is 34.6. The van der Waals surface area contributed by atoms with Crippen LogP contribution < -0.4 is 5.32 Å². The highest BCUT2D eigenvalue weighted by Gasteiger charge is 2.44. The van der Waals surface area contributed by atoms with E-state index in [1.54, 1.807) is 6.08 Å². The van der Waals surface area contributed by atoms with Crippen LogP contribution in [-0.4, -0.2) is 100 Å². The number of carbonyl (C=O) groups is 2. The van der Waals surface area contributed by atoms with Crippen LogP contribution in [0.5, 0.6) is 0 Å². The maximum absolute atomic E-state index is 13.0. The molecule has 0 aromatic heterocycles. The van der Waals surface area contributed by atoms with Crippen molar-refractivity contribution in [3.05, 3.63) is 60.8 Å². The molecular weight excluding hydrogens is 1030 g/mol. The molecule has 1 aliphatic rings. The normalized spacial score (nSPS) is 18.5. The molecule has 0 radical (unpaired) electrons. The van der Waals surface area contributed by atoms with Gasteiger partial charge in [0, 0.05) is 12.8 Å². The van der Waals surface area contributed by atoms with Gasteiger partial charge in [0.05, 0.1) is 32.0 Å². The summed E-state index contributed by atoms with van der Waals surface area (Å²) in [5, 5.41) is 54.3. The number of esters is 1. The van der Waals surface area contributed by atoms with Crippen LogP contribution in [0.4, 0.5) is 0 Å². The first kappa shape index (κ1) is 77.4. The van der Waals surface area contributed by atoms with Gasteiger partial charge in [-0.3, -0.25) is 9.59 Å². The summed E-state index contributed by atoms with van der Waals surface area (Å²) in [6, 6.07) is -0.812. The summed E-state index contributed by atoms with van der Waals surface area (Å²) in [5.74, 6) is -0.194. The summed E-state index contributed by atoms with van der Waals surface area (Å²) in [5.41, 5.74) is 0. The fraction of sp³-hybridized carbons (Fsp3) is 0.831. The highest BCUT2D eigenvalue weighted by molar-refractivity contribution is 5.76. The van der Waals surface area contributed by atoms with Gasteiger partial charge in [-0.2, -0.15) is 0 Å². The van der Waals surface area contributed by atoms with Crippen molar-refractivity contribution in [2.24, 2.45) is 0 Å². The zero-order chi connectivity index (χ0) is 59.5. The molecule has 1 fully saturated rings. The van der Waals surface area contributed by atoms with Crippen molar-refractivity contribution >= 4 is 11.9 Å². The van der Waals surface area contributed by atoms with E-state index in [0.717, 1.165) is 77.0 Å². The van der Waals surface area contributed by atoms with Gasteiger partial charge < -0.3 is 45.1 Å². The van der Waals surface area contributed by atoms with Gasteiger partial charge >= 0.3 is 5.97 Å². The number of ether oxygens (including phenoxy) is 3. The molecule has 478 valence electrons. The molecule has 7 unspecified atom stereocenters. The number of allylic oxidation sites excluding steroid dienone is 9. The van der Waals surface area contributed by atoms with Crippen molar-refractivity contribution < 1.29 is 49.3 Å². The van der Waals surface area contributed by atoms with E-state index in [-0.39, 0.29) is 18.5 Å². The lowest BCUT2D eigenvalue weighted by atomic mass is 9.99. The van der Waals surface area contributed by atoms with Crippen LogP contribution in [0.1, 0.15) is 316 Å². The Morgan fingerprint density at radius 1 is 0.451 bits per heavy atom. The van der Waals surface area contributed by atoms with Crippen molar-refractivity contribution in [1.82, 2.24) is 5.32 Å². The largest absolute Gasteiger partial charge is 0.466 e. The summed E-state index contributed by atoms with van der Waals surface area (Å²) >= 11 is 0. The third-order valence-corrected chi connectivity index (χ3v) is 16.1. The molecule has 0 saturated carbocycles. The molecule has 0 spiro atoms. The molecule has 11 nitrogen and oxygen atoms in total. The van der Waals surface area contributed by atoms with E-state index in [9.17, 15) is 35.1 Å². The highest BCUT2D eigenvalue weighted by Crippen LogP contribution is 2.23. The van der Waals surface area contributed by atoms with E-state index in [1.165, 1.54) is 212 Å². The smallest absolute Gasteiger partial charge is 0.305 e. The van der Waals surface area contributed by atoms with E-state index < -0.39 is 49.5 Å². The molecule has 1 saturated heterocycles. The Morgan fingerprint density at radius 2 is 0.817 bits per heavy atom. The Hall–Kier alpha value is -2.64. The molecule has 1 amide bonds. The van der Waals surface area contributed by atoms with E-state index in [1.807, 2.05) is 6.08 Å². The van der Waals surface area contributed by atoms with Crippen molar-refractivity contribution in [3.8, 4) is 0 Å². The second-order valence-electron chi connectivity index (χ2n) is 23.9. The average Bonchev–Trinajstić information content (AvgIpc) is 3.63. The third kappa shape index (κ3) is 48.6. The van der Waals surface area contributed by atoms with Crippen molar-refractivity contribution in [1.29, 1.82) is 0 Å². The molecule has 6 N–H and O–H groups in total. The van der Waals surface area contributed by atoms with Gasteiger partial charge in [0.2, 0.25) is 5.91 Å². The Balaban J connectivity index is 1.95. The number of hydrogen-bond donors (Lipinski definition) is 6.